The van der Waals surface area contributed by atoms with Crippen LogP contribution < -0.4 is 10.6 Å². The monoisotopic (exact) mass is 376 g/mol. The van der Waals surface area contributed by atoms with Crippen molar-refractivity contribution in [2.45, 2.75) is 57.9 Å². The topological polar surface area (TPSA) is 97.1 Å². The molecule has 26 heavy (non-hydrogen) atoms. The van der Waals surface area contributed by atoms with E-state index in [2.05, 4.69) is 20.8 Å². The molecular formula is C18H24N4O3S. The van der Waals surface area contributed by atoms with Crippen molar-refractivity contribution < 1.29 is 14.1 Å². The Morgan fingerprint density at radius 2 is 1.92 bits per heavy atom. The standard InChI is InChI=1S/C18H24N4O3S/c1-12-7-8-14(26-12)16(24)19-11-15(23)21-18(9-5-3-4-6-10-18)17-20-13(2)25-22-17/h7-8H,3-6,9-11H2,1-2H3,(H,19,24)(H,21,23). The molecular weight excluding hydrogens is 352 g/mol. The molecule has 0 saturated heterocycles. The van der Waals surface area contributed by atoms with Gasteiger partial charge in [0, 0.05) is 11.8 Å². The highest BCUT2D eigenvalue weighted by molar-refractivity contribution is 7.13. The highest BCUT2D eigenvalue weighted by Crippen LogP contribution is 2.34. The first-order chi connectivity index (χ1) is 12.5. The normalized spacial score (nSPS) is 16.7. The minimum absolute atomic E-state index is 0.0750. The molecule has 140 valence electrons. The van der Waals surface area contributed by atoms with Crippen LogP contribution in [0.1, 0.15) is 64.8 Å². The third-order valence-electron chi connectivity index (χ3n) is 4.67. The molecule has 2 heterocycles. The third kappa shape index (κ3) is 4.30. The Hall–Kier alpha value is -2.22. The van der Waals surface area contributed by atoms with E-state index >= 15 is 0 Å². The van der Waals surface area contributed by atoms with E-state index in [1.807, 2.05) is 13.0 Å². The second-order valence-corrected chi connectivity index (χ2v) is 8.06. The van der Waals surface area contributed by atoms with Crippen LogP contribution in [0.3, 0.4) is 0 Å². The summed E-state index contributed by atoms with van der Waals surface area (Å²) in [6, 6.07) is 3.65. The van der Waals surface area contributed by atoms with Crippen LogP contribution in [0.15, 0.2) is 16.7 Å². The van der Waals surface area contributed by atoms with Crippen LogP contribution in [-0.4, -0.2) is 28.5 Å². The van der Waals surface area contributed by atoms with E-state index in [4.69, 9.17) is 4.52 Å². The summed E-state index contributed by atoms with van der Waals surface area (Å²) < 4.78 is 5.14. The van der Waals surface area contributed by atoms with Crippen LogP contribution in [0.25, 0.3) is 0 Å². The largest absolute Gasteiger partial charge is 0.342 e. The van der Waals surface area contributed by atoms with Crippen LogP contribution in [0, 0.1) is 13.8 Å². The van der Waals surface area contributed by atoms with Gasteiger partial charge in [0.1, 0.15) is 5.54 Å². The Balaban J connectivity index is 1.66. The van der Waals surface area contributed by atoms with Gasteiger partial charge in [-0.1, -0.05) is 30.8 Å². The molecule has 1 aliphatic carbocycles. The fourth-order valence-corrected chi connectivity index (χ4v) is 4.13. The van der Waals surface area contributed by atoms with E-state index in [-0.39, 0.29) is 18.4 Å². The minimum Gasteiger partial charge on any atom is -0.342 e. The average molecular weight is 376 g/mol. The van der Waals surface area contributed by atoms with Gasteiger partial charge in [-0.2, -0.15) is 4.98 Å². The molecule has 0 radical (unpaired) electrons. The summed E-state index contributed by atoms with van der Waals surface area (Å²) in [5.74, 6) is 0.546. The first-order valence-electron chi connectivity index (χ1n) is 8.95. The number of nitrogens with zero attached hydrogens (tertiary/aromatic N) is 2. The third-order valence-corrected chi connectivity index (χ3v) is 5.66. The molecule has 7 nitrogen and oxygen atoms in total. The lowest BCUT2D eigenvalue weighted by molar-refractivity contribution is -0.122. The van der Waals surface area contributed by atoms with Gasteiger partial charge in [0.05, 0.1) is 11.4 Å². The number of aryl methyl sites for hydroxylation is 2. The maximum absolute atomic E-state index is 12.5. The van der Waals surface area contributed by atoms with E-state index < -0.39 is 5.54 Å². The van der Waals surface area contributed by atoms with Crippen molar-refractivity contribution in [3.8, 4) is 0 Å². The summed E-state index contributed by atoms with van der Waals surface area (Å²) in [7, 11) is 0. The highest BCUT2D eigenvalue weighted by atomic mass is 32.1. The van der Waals surface area contributed by atoms with Gasteiger partial charge in [0.2, 0.25) is 11.8 Å². The van der Waals surface area contributed by atoms with Crippen LogP contribution >= 0.6 is 11.3 Å². The molecule has 3 rings (SSSR count). The second kappa shape index (κ2) is 7.99. The summed E-state index contributed by atoms with van der Waals surface area (Å²) in [6.07, 6.45) is 5.79. The lowest BCUT2D eigenvalue weighted by Gasteiger charge is -2.30. The Morgan fingerprint density at radius 3 is 2.50 bits per heavy atom. The van der Waals surface area contributed by atoms with E-state index in [0.29, 0.717) is 16.6 Å². The van der Waals surface area contributed by atoms with Crippen LogP contribution in [0.2, 0.25) is 0 Å². The number of amides is 2. The molecule has 8 heteroatoms. The number of aromatic nitrogens is 2. The maximum Gasteiger partial charge on any atom is 0.261 e. The molecule has 0 aliphatic heterocycles. The smallest absolute Gasteiger partial charge is 0.261 e. The van der Waals surface area contributed by atoms with Crippen molar-refractivity contribution in [1.82, 2.24) is 20.8 Å². The maximum atomic E-state index is 12.5. The summed E-state index contributed by atoms with van der Waals surface area (Å²) in [5.41, 5.74) is -0.615. The summed E-state index contributed by atoms with van der Waals surface area (Å²) in [5, 5.41) is 9.83. The lowest BCUT2D eigenvalue weighted by atomic mass is 9.89. The lowest BCUT2D eigenvalue weighted by Crippen LogP contribution is -2.49. The molecule has 0 aromatic carbocycles. The van der Waals surface area contributed by atoms with Gasteiger partial charge in [0.15, 0.2) is 5.82 Å². The van der Waals surface area contributed by atoms with Gasteiger partial charge in [-0.25, -0.2) is 0 Å². The SMILES string of the molecule is Cc1nc(C2(NC(=O)CNC(=O)c3ccc(C)s3)CCCCCC2)no1. The van der Waals surface area contributed by atoms with Gasteiger partial charge in [0.25, 0.3) is 5.91 Å². The van der Waals surface area contributed by atoms with Gasteiger partial charge in [-0.15, -0.1) is 11.3 Å². The number of carbonyl (C=O) groups is 2. The molecule has 1 saturated carbocycles. The van der Waals surface area contributed by atoms with E-state index in [1.165, 1.54) is 11.3 Å². The van der Waals surface area contributed by atoms with Crippen molar-refractivity contribution >= 4 is 23.2 Å². The fraction of sp³-hybridized carbons (Fsp3) is 0.556. The molecule has 0 atom stereocenters. The van der Waals surface area contributed by atoms with Crippen molar-refractivity contribution in [1.29, 1.82) is 0 Å². The predicted octanol–water partition coefficient (Wildman–Crippen LogP) is 2.84. The van der Waals surface area contributed by atoms with Gasteiger partial charge in [-0.3, -0.25) is 9.59 Å². The number of carbonyl (C=O) groups excluding carboxylic acids is 2. The van der Waals surface area contributed by atoms with Crippen molar-refractivity contribution in [2.75, 3.05) is 6.54 Å². The first-order valence-corrected chi connectivity index (χ1v) is 9.77. The molecule has 0 spiro atoms. The number of hydrogen-bond acceptors (Lipinski definition) is 6. The Morgan fingerprint density at radius 1 is 1.19 bits per heavy atom. The molecule has 1 aliphatic rings. The first kappa shape index (κ1) is 18.6. The van der Waals surface area contributed by atoms with E-state index in [1.54, 1.807) is 13.0 Å². The van der Waals surface area contributed by atoms with Crippen molar-refractivity contribution in [3.63, 3.8) is 0 Å². The fourth-order valence-electron chi connectivity index (χ4n) is 3.35. The zero-order valence-electron chi connectivity index (χ0n) is 15.1. The highest BCUT2D eigenvalue weighted by Gasteiger charge is 2.38. The Bertz CT molecular complexity index is 775. The summed E-state index contributed by atoms with van der Waals surface area (Å²) in [4.78, 5) is 30.7. The van der Waals surface area contributed by atoms with Crippen LogP contribution in [-0.2, 0) is 10.3 Å². The molecule has 2 aromatic heterocycles. The minimum atomic E-state index is -0.615. The Labute approximate surface area is 156 Å². The zero-order chi connectivity index (χ0) is 18.6. The van der Waals surface area contributed by atoms with Gasteiger partial charge in [-0.05, 0) is 31.9 Å². The zero-order valence-corrected chi connectivity index (χ0v) is 15.9. The van der Waals surface area contributed by atoms with E-state index in [9.17, 15) is 9.59 Å². The quantitative estimate of drug-likeness (QED) is 0.782. The van der Waals surface area contributed by atoms with E-state index in [0.717, 1.165) is 43.4 Å². The van der Waals surface area contributed by atoms with Gasteiger partial charge >= 0.3 is 0 Å². The number of rotatable bonds is 5. The number of thiophene rings is 1. The summed E-state index contributed by atoms with van der Waals surface area (Å²) >= 11 is 1.41. The molecule has 2 amide bonds. The number of nitrogens with one attached hydrogen (secondary N) is 2. The molecule has 2 aromatic rings. The predicted molar refractivity (Wildman–Crippen MR) is 97.9 cm³/mol. The Kier molecular flexibility index (Phi) is 5.70. The van der Waals surface area contributed by atoms with Crippen LogP contribution in [0.5, 0.6) is 0 Å². The van der Waals surface area contributed by atoms with Crippen molar-refractivity contribution in [3.05, 3.63) is 33.6 Å². The van der Waals surface area contributed by atoms with Gasteiger partial charge < -0.3 is 15.2 Å². The molecule has 1 fully saturated rings. The molecule has 0 unspecified atom stereocenters. The summed E-state index contributed by atoms with van der Waals surface area (Å²) in [6.45, 7) is 3.61. The molecule has 0 bridgehead atoms. The second-order valence-electron chi connectivity index (χ2n) is 6.77. The molecule has 2 N–H and O–H groups in total. The number of hydrogen-bond donors (Lipinski definition) is 2. The van der Waals surface area contributed by atoms with Crippen molar-refractivity contribution in [2.24, 2.45) is 0 Å². The van der Waals surface area contributed by atoms with Crippen LogP contribution in [0.4, 0.5) is 0 Å². The average Bonchev–Trinajstić information content (AvgIpc) is 3.17.